The Morgan fingerprint density at radius 3 is 2.17 bits per heavy atom. The lowest BCUT2D eigenvalue weighted by atomic mass is 10.1. The lowest BCUT2D eigenvalue weighted by molar-refractivity contribution is -0.392. The summed E-state index contributed by atoms with van der Waals surface area (Å²) in [4.78, 5) is 21.7. The Kier molecular flexibility index (Phi) is 4.53. The molecule has 0 radical (unpaired) electrons. The Hall–Kier alpha value is -3.04. The van der Waals surface area contributed by atoms with Crippen LogP contribution in [0, 0.1) is 20.2 Å². The van der Waals surface area contributed by atoms with Crippen LogP contribution < -0.4 is 4.90 Å². The monoisotopic (exact) mass is 327 g/mol. The smallest absolute Gasteiger partial charge is 0.300 e. The standard InChI is InChI=1S/C13H11F2N3O5/c1-16(7-9-3-2-4-23-9)12-10(17(19)20)5-8(13(14)15)6-11(12)18(21)22/h2-6,13H,7H2,1H3. The van der Waals surface area contributed by atoms with Crippen molar-refractivity contribution in [2.24, 2.45) is 0 Å². The minimum absolute atomic E-state index is 0.00268. The van der Waals surface area contributed by atoms with Crippen molar-refractivity contribution in [2.75, 3.05) is 11.9 Å². The summed E-state index contributed by atoms with van der Waals surface area (Å²) in [5.41, 5.74) is -2.66. The highest BCUT2D eigenvalue weighted by atomic mass is 19.3. The molecule has 0 N–H and O–H groups in total. The number of anilines is 1. The van der Waals surface area contributed by atoms with Gasteiger partial charge in [0, 0.05) is 24.7 Å². The molecule has 0 aliphatic rings. The van der Waals surface area contributed by atoms with Gasteiger partial charge in [-0.1, -0.05) is 0 Å². The maximum atomic E-state index is 12.8. The molecule has 0 aliphatic carbocycles. The predicted octanol–water partition coefficient (Wildman–Crippen LogP) is 3.67. The summed E-state index contributed by atoms with van der Waals surface area (Å²) in [5, 5.41) is 22.3. The van der Waals surface area contributed by atoms with Crippen molar-refractivity contribution in [3.63, 3.8) is 0 Å². The van der Waals surface area contributed by atoms with Crippen LogP contribution in [0.5, 0.6) is 0 Å². The van der Waals surface area contributed by atoms with Crippen LogP contribution in [0.2, 0.25) is 0 Å². The van der Waals surface area contributed by atoms with E-state index in [4.69, 9.17) is 4.42 Å². The molecule has 1 heterocycles. The molecule has 8 nitrogen and oxygen atoms in total. The Morgan fingerprint density at radius 1 is 1.22 bits per heavy atom. The largest absolute Gasteiger partial charge is 0.467 e. The van der Waals surface area contributed by atoms with E-state index in [0.29, 0.717) is 17.9 Å². The molecule has 23 heavy (non-hydrogen) atoms. The molecule has 0 spiro atoms. The summed E-state index contributed by atoms with van der Waals surface area (Å²) >= 11 is 0. The molecule has 0 saturated carbocycles. The highest BCUT2D eigenvalue weighted by molar-refractivity contribution is 5.76. The van der Waals surface area contributed by atoms with E-state index in [1.165, 1.54) is 18.2 Å². The van der Waals surface area contributed by atoms with Gasteiger partial charge in [-0.25, -0.2) is 8.78 Å². The molecule has 2 aromatic rings. The average molecular weight is 327 g/mol. The van der Waals surface area contributed by atoms with E-state index in [0.717, 1.165) is 0 Å². The number of nitro benzene ring substituents is 2. The number of nitrogens with zero attached hydrogens (tertiary/aromatic N) is 3. The lowest BCUT2D eigenvalue weighted by Gasteiger charge is -2.18. The molecule has 122 valence electrons. The summed E-state index contributed by atoms with van der Waals surface area (Å²) in [6.45, 7) is 0.00268. The Labute approximate surface area is 128 Å². The topological polar surface area (TPSA) is 103 Å². The van der Waals surface area contributed by atoms with Gasteiger partial charge in [0.25, 0.3) is 17.8 Å². The highest BCUT2D eigenvalue weighted by Crippen LogP contribution is 2.40. The zero-order valence-corrected chi connectivity index (χ0v) is 11.8. The van der Waals surface area contributed by atoms with Crippen LogP contribution in [0.1, 0.15) is 17.7 Å². The zero-order chi connectivity index (χ0) is 17.1. The van der Waals surface area contributed by atoms with E-state index in [-0.39, 0.29) is 12.2 Å². The van der Waals surface area contributed by atoms with Gasteiger partial charge in [0.15, 0.2) is 5.69 Å². The molecule has 1 aromatic carbocycles. The van der Waals surface area contributed by atoms with Gasteiger partial charge >= 0.3 is 0 Å². The van der Waals surface area contributed by atoms with Crippen molar-refractivity contribution in [1.29, 1.82) is 0 Å². The van der Waals surface area contributed by atoms with Crippen LogP contribution in [-0.2, 0) is 6.54 Å². The van der Waals surface area contributed by atoms with Gasteiger partial charge < -0.3 is 9.32 Å². The third kappa shape index (κ3) is 3.42. The molecule has 0 amide bonds. The number of hydrogen-bond donors (Lipinski definition) is 0. The number of alkyl halides is 2. The predicted molar refractivity (Wildman–Crippen MR) is 75.5 cm³/mol. The van der Waals surface area contributed by atoms with Crippen LogP contribution >= 0.6 is 0 Å². The molecule has 0 fully saturated rings. The van der Waals surface area contributed by atoms with E-state index >= 15 is 0 Å². The Morgan fingerprint density at radius 2 is 1.78 bits per heavy atom. The van der Waals surface area contributed by atoms with Gasteiger partial charge in [-0.15, -0.1) is 0 Å². The van der Waals surface area contributed by atoms with Gasteiger partial charge in [-0.2, -0.15) is 0 Å². The molecular formula is C13H11F2N3O5. The maximum Gasteiger partial charge on any atom is 0.300 e. The molecule has 10 heteroatoms. The Bertz CT molecular complexity index is 698. The maximum absolute atomic E-state index is 12.8. The lowest BCUT2D eigenvalue weighted by Crippen LogP contribution is -2.19. The average Bonchev–Trinajstić information content (AvgIpc) is 2.98. The summed E-state index contributed by atoms with van der Waals surface area (Å²) in [7, 11) is 1.37. The molecule has 2 rings (SSSR count). The number of halogens is 2. The van der Waals surface area contributed by atoms with E-state index in [1.807, 2.05) is 0 Å². The van der Waals surface area contributed by atoms with Crippen molar-refractivity contribution < 1.29 is 23.0 Å². The van der Waals surface area contributed by atoms with E-state index < -0.39 is 33.2 Å². The number of benzene rings is 1. The normalized spacial score (nSPS) is 10.8. The van der Waals surface area contributed by atoms with Gasteiger partial charge in [0.2, 0.25) is 0 Å². The van der Waals surface area contributed by atoms with Crippen LogP contribution in [0.3, 0.4) is 0 Å². The van der Waals surface area contributed by atoms with E-state index in [9.17, 15) is 29.0 Å². The number of furan rings is 1. The summed E-state index contributed by atoms with van der Waals surface area (Å²) in [6, 6.07) is 4.46. The fourth-order valence-corrected chi connectivity index (χ4v) is 2.14. The molecule has 1 aromatic heterocycles. The molecule has 0 bridgehead atoms. The SMILES string of the molecule is CN(Cc1ccco1)c1c([N+](=O)[O-])cc(C(F)F)cc1[N+](=O)[O-]. The first-order chi connectivity index (χ1) is 10.8. The Balaban J connectivity index is 2.58. The second kappa shape index (κ2) is 6.38. The van der Waals surface area contributed by atoms with Crippen LogP contribution in [0.4, 0.5) is 25.8 Å². The molecular weight excluding hydrogens is 316 g/mol. The molecule has 0 unspecified atom stereocenters. The minimum Gasteiger partial charge on any atom is -0.467 e. The van der Waals surface area contributed by atoms with Crippen molar-refractivity contribution in [2.45, 2.75) is 13.0 Å². The molecule has 0 aliphatic heterocycles. The van der Waals surface area contributed by atoms with Crippen LogP contribution in [-0.4, -0.2) is 16.9 Å². The zero-order valence-electron chi connectivity index (χ0n) is 11.8. The summed E-state index contributed by atoms with van der Waals surface area (Å²) < 4.78 is 30.7. The van der Waals surface area contributed by atoms with Crippen molar-refractivity contribution in [3.8, 4) is 0 Å². The fraction of sp³-hybridized carbons (Fsp3) is 0.231. The molecule has 0 atom stereocenters. The number of hydrogen-bond acceptors (Lipinski definition) is 6. The first kappa shape index (κ1) is 16.3. The van der Waals surface area contributed by atoms with E-state index in [2.05, 4.69) is 0 Å². The van der Waals surface area contributed by atoms with Gasteiger partial charge in [-0.3, -0.25) is 20.2 Å². The number of nitro groups is 2. The fourth-order valence-electron chi connectivity index (χ4n) is 2.14. The van der Waals surface area contributed by atoms with Gasteiger partial charge in [0.1, 0.15) is 5.76 Å². The quantitative estimate of drug-likeness (QED) is 0.592. The minimum atomic E-state index is -3.06. The van der Waals surface area contributed by atoms with Crippen LogP contribution in [0.25, 0.3) is 0 Å². The van der Waals surface area contributed by atoms with Gasteiger partial charge in [-0.05, 0) is 12.1 Å². The first-order valence-corrected chi connectivity index (χ1v) is 6.29. The van der Waals surface area contributed by atoms with Crippen molar-refractivity contribution >= 4 is 17.1 Å². The van der Waals surface area contributed by atoms with Crippen molar-refractivity contribution in [3.05, 3.63) is 62.1 Å². The third-order valence-electron chi connectivity index (χ3n) is 3.09. The van der Waals surface area contributed by atoms with Crippen LogP contribution in [0.15, 0.2) is 34.9 Å². The van der Waals surface area contributed by atoms with Crippen molar-refractivity contribution in [1.82, 2.24) is 0 Å². The summed E-state index contributed by atoms with van der Waals surface area (Å²) in [5.74, 6) is 0.411. The molecule has 0 saturated heterocycles. The summed E-state index contributed by atoms with van der Waals surface area (Å²) in [6.07, 6.45) is -1.68. The van der Waals surface area contributed by atoms with E-state index in [1.54, 1.807) is 12.1 Å². The third-order valence-corrected chi connectivity index (χ3v) is 3.09. The number of rotatable bonds is 6. The van der Waals surface area contributed by atoms with Gasteiger partial charge in [0.05, 0.1) is 22.7 Å². The highest BCUT2D eigenvalue weighted by Gasteiger charge is 2.31. The first-order valence-electron chi connectivity index (χ1n) is 6.29. The second-order valence-corrected chi connectivity index (χ2v) is 4.66. The second-order valence-electron chi connectivity index (χ2n) is 4.66.